The largest absolute Gasteiger partial charge is 0.306 e. The maximum absolute atomic E-state index is 3.63. The molecule has 2 heterocycles. The highest BCUT2D eigenvalue weighted by Crippen LogP contribution is 2.39. The van der Waals surface area contributed by atoms with E-state index in [0.717, 1.165) is 10.3 Å². The highest BCUT2D eigenvalue weighted by Gasteiger charge is 2.19. The van der Waals surface area contributed by atoms with Crippen LogP contribution in [0.5, 0.6) is 0 Å². The Morgan fingerprint density at radius 3 is 2.47 bits per heavy atom. The van der Waals surface area contributed by atoms with Crippen LogP contribution in [-0.2, 0) is 0 Å². The fourth-order valence-corrected chi connectivity index (χ4v) is 5.74. The second-order valence-electron chi connectivity index (χ2n) is 3.45. The molecule has 2 aromatic heterocycles. The number of thiophene rings is 2. The van der Waals surface area contributed by atoms with E-state index >= 15 is 0 Å². The zero-order chi connectivity index (χ0) is 12.4. The fraction of sp³-hybridized carbons (Fsp3) is 0.273. The summed E-state index contributed by atoms with van der Waals surface area (Å²) >= 11 is 14.1. The summed E-state index contributed by atoms with van der Waals surface area (Å²) in [4.78, 5) is 0. The SMILES string of the molecule is CCNC(c1csc(Br)c1)c1cc(Br)sc1Br. The number of rotatable bonds is 4. The lowest BCUT2D eigenvalue weighted by Crippen LogP contribution is -2.21. The molecule has 1 nitrogen and oxygen atoms in total. The average Bonchev–Trinajstić information content (AvgIpc) is 2.82. The first-order chi connectivity index (χ1) is 8.11. The Morgan fingerprint density at radius 1 is 1.24 bits per heavy atom. The zero-order valence-corrected chi connectivity index (χ0v) is 15.4. The van der Waals surface area contributed by atoms with E-state index in [1.165, 1.54) is 18.7 Å². The highest BCUT2D eigenvalue weighted by atomic mass is 79.9. The van der Waals surface area contributed by atoms with Crippen LogP contribution in [0.25, 0.3) is 0 Å². The van der Waals surface area contributed by atoms with Crippen molar-refractivity contribution in [3.8, 4) is 0 Å². The quantitative estimate of drug-likeness (QED) is 0.609. The molecule has 0 spiro atoms. The minimum absolute atomic E-state index is 0.250. The van der Waals surface area contributed by atoms with E-state index in [1.54, 1.807) is 22.7 Å². The van der Waals surface area contributed by atoms with Gasteiger partial charge in [0.1, 0.15) is 0 Å². The molecule has 0 aliphatic heterocycles. The van der Waals surface area contributed by atoms with Gasteiger partial charge < -0.3 is 5.32 Å². The van der Waals surface area contributed by atoms with Crippen molar-refractivity contribution >= 4 is 70.5 Å². The summed E-state index contributed by atoms with van der Waals surface area (Å²) in [6, 6.07) is 4.60. The molecule has 17 heavy (non-hydrogen) atoms. The molecule has 2 rings (SSSR count). The molecule has 0 saturated carbocycles. The predicted molar refractivity (Wildman–Crippen MR) is 87.3 cm³/mol. The van der Waals surface area contributed by atoms with Gasteiger partial charge in [-0.25, -0.2) is 0 Å². The Morgan fingerprint density at radius 2 is 2.00 bits per heavy atom. The van der Waals surface area contributed by atoms with Gasteiger partial charge in [-0.1, -0.05) is 6.92 Å². The van der Waals surface area contributed by atoms with Crippen LogP contribution >= 0.6 is 70.5 Å². The molecule has 1 unspecified atom stereocenters. The molecular formula is C11H10Br3NS2. The second kappa shape index (κ2) is 6.30. The Hall–Kier alpha value is 0.800. The third-order valence-corrected chi connectivity index (χ3v) is 6.23. The molecule has 0 aliphatic rings. The molecule has 1 N–H and O–H groups in total. The molecule has 0 fully saturated rings. The van der Waals surface area contributed by atoms with Gasteiger partial charge in [0.05, 0.1) is 17.4 Å². The van der Waals surface area contributed by atoms with Crippen LogP contribution in [0.4, 0.5) is 0 Å². The maximum Gasteiger partial charge on any atom is 0.0761 e. The van der Waals surface area contributed by atoms with Gasteiger partial charge in [0.15, 0.2) is 0 Å². The molecule has 92 valence electrons. The Kier molecular flexibility index (Phi) is 5.27. The van der Waals surface area contributed by atoms with Gasteiger partial charge in [-0.3, -0.25) is 0 Å². The normalized spacial score (nSPS) is 12.9. The van der Waals surface area contributed by atoms with E-state index in [1.807, 2.05) is 0 Å². The van der Waals surface area contributed by atoms with Gasteiger partial charge in [-0.15, -0.1) is 22.7 Å². The van der Waals surface area contributed by atoms with Gasteiger partial charge >= 0.3 is 0 Å². The molecular weight excluding hydrogens is 450 g/mol. The van der Waals surface area contributed by atoms with Crippen molar-refractivity contribution in [1.82, 2.24) is 5.32 Å². The first kappa shape index (κ1) is 14.2. The smallest absolute Gasteiger partial charge is 0.0761 e. The van der Waals surface area contributed by atoms with E-state index in [2.05, 4.69) is 77.5 Å². The van der Waals surface area contributed by atoms with Crippen LogP contribution in [-0.4, -0.2) is 6.54 Å². The predicted octanol–water partition coefficient (Wildman–Crippen LogP) is 5.80. The van der Waals surface area contributed by atoms with Crippen molar-refractivity contribution < 1.29 is 0 Å². The molecule has 0 aliphatic carbocycles. The lowest BCUT2D eigenvalue weighted by Gasteiger charge is -2.16. The second-order valence-corrected chi connectivity index (χ2v) is 9.49. The Balaban J connectivity index is 2.38. The average molecular weight is 460 g/mol. The summed E-state index contributed by atoms with van der Waals surface area (Å²) in [5.41, 5.74) is 2.59. The lowest BCUT2D eigenvalue weighted by atomic mass is 10.1. The van der Waals surface area contributed by atoms with Crippen LogP contribution in [0.15, 0.2) is 28.9 Å². The highest BCUT2D eigenvalue weighted by molar-refractivity contribution is 9.12. The van der Waals surface area contributed by atoms with Gasteiger partial charge in [-0.2, -0.15) is 0 Å². The van der Waals surface area contributed by atoms with Crippen LogP contribution in [0.1, 0.15) is 24.1 Å². The van der Waals surface area contributed by atoms with E-state index in [9.17, 15) is 0 Å². The van der Waals surface area contributed by atoms with Crippen molar-refractivity contribution in [3.05, 3.63) is 40.0 Å². The minimum Gasteiger partial charge on any atom is -0.306 e. The van der Waals surface area contributed by atoms with Crippen molar-refractivity contribution in [2.24, 2.45) is 0 Å². The first-order valence-corrected chi connectivity index (χ1v) is 9.11. The molecule has 0 saturated heterocycles. The van der Waals surface area contributed by atoms with Gasteiger partial charge in [0, 0.05) is 0 Å². The third kappa shape index (κ3) is 3.42. The molecule has 2 aromatic rings. The van der Waals surface area contributed by atoms with E-state index < -0.39 is 0 Å². The van der Waals surface area contributed by atoms with Crippen LogP contribution in [0, 0.1) is 0 Å². The van der Waals surface area contributed by atoms with E-state index in [-0.39, 0.29) is 6.04 Å². The summed E-state index contributed by atoms with van der Waals surface area (Å²) in [6.45, 7) is 3.07. The topological polar surface area (TPSA) is 12.0 Å². The number of halogens is 3. The van der Waals surface area contributed by atoms with Gasteiger partial charge in [0.2, 0.25) is 0 Å². The molecule has 0 bridgehead atoms. The summed E-state index contributed by atoms with van der Waals surface area (Å²) in [6.07, 6.45) is 0. The molecule has 6 heteroatoms. The number of hydrogen-bond acceptors (Lipinski definition) is 3. The van der Waals surface area contributed by atoms with Gasteiger partial charge in [-0.05, 0) is 83.0 Å². The summed E-state index contributed by atoms with van der Waals surface area (Å²) < 4.78 is 3.50. The summed E-state index contributed by atoms with van der Waals surface area (Å²) in [5.74, 6) is 0. The van der Waals surface area contributed by atoms with Gasteiger partial charge in [0.25, 0.3) is 0 Å². The summed E-state index contributed by atoms with van der Waals surface area (Å²) in [7, 11) is 0. The van der Waals surface area contributed by atoms with Crippen molar-refractivity contribution in [2.45, 2.75) is 13.0 Å². The Bertz CT molecular complexity index is 507. The van der Waals surface area contributed by atoms with Crippen LogP contribution < -0.4 is 5.32 Å². The zero-order valence-electron chi connectivity index (χ0n) is 8.97. The minimum atomic E-state index is 0.250. The fourth-order valence-electron chi connectivity index (χ4n) is 1.64. The van der Waals surface area contributed by atoms with Crippen molar-refractivity contribution in [1.29, 1.82) is 0 Å². The monoisotopic (exact) mass is 457 g/mol. The summed E-state index contributed by atoms with van der Waals surface area (Å²) in [5, 5.41) is 5.71. The van der Waals surface area contributed by atoms with Crippen molar-refractivity contribution in [3.63, 3.8) is 0 Å². The lowest BCUT2D eigenvalue weighted by molar-refractivity contribution is 0.632. The molecule has 1 atom stereocenters. The number of hydrogen-bond donors (Lipinski definition) is 1. The van der Waals surface area contributed by atoms with E-state index in [0.29, 0.717) is 0 Å². The first-order valence-electron chi connectivity index (χ1n) is 5.04. The van der Waals surface area contributed by atoms with Crippen molar-refractivity contribution in [2.75, 3.05) is 6.54 Å². The molecule has 0 amide bonds. The molecule has 0 aromatic carbocycles. The third-order valence-electron chi connectivity index (χ3n) is 2.32. The number of nitrogens with one attached hydrogen (secondary N) is 1. The maximum atomic E-state index is 3.63. The standard InChI is InChI=1S/C11H10Br3NS2/c1-2-15-10(6-3-8(12)16-5-6)7-4-9(13)17-11(7)14/h3-5,10,15H,2H2,1H3. The van der Waals surface area contributed by atoms with Crippen LogP contribution in [0.2, 0.25) is 0 Å². The molecule has 0 radical (unpaired) electrons. The van der Waals surface area contributed by atoms with Crippen LogP contribution in [0.3, 0.4) is 0 Å². The van der Waals surface area contributed by atoms with E-state index in [4.69, 9.17) is 0 Å². The Labute approximate surface area is 134 Å².